The van der Waals surface area contributed by atoms with E-state index in [0.717, 1.165) is 12.8 Å². The number of amides is 1. The minimum Gasteiger partial charge on any atom is -0.351 e. The van der Waals surface area contributed by atoms with Gasteiger partial charge in [-0.1, -0.05) is 39.0 Å². The fraction of sp³-hybridized carbons (Fsp3) is 0.929. The number of hydrogen-bond donors (Lipinski definition) is 2. The van der Waals surface area contributed by atoms with Gasteiger partial charge in [0.2, 0.25) is 5.91 Å². The second-order valence-corrected chi connectivity index (χ2v) is 5.49. The Morgan fingerprint density at radius 1 is 1.12 bits per heavy atom. The van der Waals surface area contributed by atoms with Crippen molar-refractivity contribution in [1.29, 1.82) is 0 Å². The molecule has 0 atom stereocenters. The van der Waals surface area contributed by atoms with Gasteiger partial charge in [0, 0.05) is 12.0 Å². The lowest BCUT2D eigenvalue weighted by molar-refractivity contribution is -0.122. The first-order chi connectivity index (χ1) is 8.02. The van der Waals surface area contributed by atoms with E-state index < -0.39 is 0 Å². The molecule has 3 heteroatoms. The summed E-state index contributed by atoms with van der Waals surface area (Å²) < 4.78 is 0. The van der Waals surface area contributed by atoms with Crippen molar-refractivity contribution in [3.05, 3.63) is 0 Å². The van der Waals surface area contributed by atoms with Crippen molar-refractivity contribution < 1.29 is 4.79 Å². The molecule has 0 aromatic carbocycles. The topological polar surface area (TPSA) is 55.1 Å². The van der Waals surface area contributed by atoms with Crippen LogP contribution in [0.25, 0.3) is 0 Å². The molecule has 0 rings (SSSR count). The third-order valence-electron chi connectivity index (χ3n) is 3.00. The van der Waals surface area contributed by atoms with Crippen molar-refractivity contribution >= 4 is 5.91 Å². The smallest absolute Gasteiger partial charge is 0.220 e. The molecule has 0 heterocycles. The molecule has 0 aliphatic heterocycles. The lowest BCUT2D eigenvalue weighted by Gasteiger charge is -2.25. The first-order valence-electron chi connectivity index (χ1n) is 7.03. The number of hydrogen-bond acceptors (Lipinski definition) is 2. The van der Waals surface area contributed by atoms with Crippen LogP contribution in [0.2, 0.25) is 0 Å². The van der Waals surface area contributed by atoms with Gasteiger partial charge in [0.25, 0.3) is 0 Å². The van der Waals surface area contributed by atoms with Crippen molar-refractivity contribution in [3.63, 3.8) is 0 Å². The van der Waals surface area contributed by atoms with Gasteiger partial charge in [-0.25, -0.2) is 0 Å². The Balaban J connectivity index is 3.52. The third-order valence-corrected chi connectivity index (χ3v) is 3.00. The highest BCUT2D eigenvalue weighted by Gasteiger charge is 2.18. The van der Waals surface area contributed by atoms with E-state index in [1.54, 1.807) is 0 Å². The van der Waals surface area contributed by atoms with Gasteiger partial charge in [0.1, 0.15) is 0 Å². The number of carbonyl (C=O) groups excluding carboxylic acids is 1. The van der Waals surface area contributed by atoms with E-state index in [4.69, 9.17) is 5.73 Å². The molecule has 1 amide bonds. The minimum absolute atomic E-state index is 0.159. The summed E-state index contributed by atoms with van der Waals surface area (Å²) in [5, 5.41) is 3.04. The SMILES string of the molecule is CCCCCCCCC(=O)NC(C)(C)CCN. The molecule has 3 N–H and O–H groups in total. The van der Waals surface area contributed by atoms with Crippen LogP contribution in [0.5, 0.6) is 0 Å². The van der Waals surface area contributed by atoms with Crippen molar-refractivity contribution in [2.45, 2.75) is 77.7 Å². The first-order valence-corrected chi connectivity index (χ1v) is 7.03. The molecule has 0 spiro atoms. The molecule has 0 aliphatic rings. The summed E-state index contributed by atoms with van der Waals surface area (Å²) in [5.41, 5.74) is 5.35. The molecule has 0 saturated carbocycles. The Labute approximate surface area is 107 Å². The Hall–Kier alpha value is -0.570. The minimum atomic E-state index is -0.159. The summed E-state index contributed by atoms with van der Waals surface area (Å²) in [5.74, 6) is 0.166. The average molecular weight is 242 g/mol. The van der Waals surface area contributed by atoms with Crippen LogP contribution in [0.1, 0.15) is 72.1 Å². The highest BCUT2D eigenvalue weighted by atomic mass is 16.1. The molecule has 0 saturated heterocycles. The van der Waals surface area contributed by atoms with Gasteiger partial charge in [0.05, 0.1) is 0 Å². The predicted molar refractivity (Wildman–Crippen MR) is 73.9 cm³/mol. The number of rotatable bonds is 10. The van der Waals surface area contributed by atoms with Crippen molar-refractivity contribution in [2.75, 3.05) is 6.54 Å². The second kappa shape index (κ2) is 9.46. The predicted octanol–water partition coefficient (Wildman–Crippen LogP) is 2.98. The van der Waals surface area contributed by atoms with Gasteiger partial charge in [0.15, 0.2) is 0 Å². The highest BCUT2D eigenvalue weighted by molar-refractivity contribution is 5.76. The van der Waals surface area contributed by atoms with E-state index in [0.29, 0.717) is 13.0 Å². The van der Waals surface area contributed by atoms with Gasteiger partial charge in [-0.2, -0.15) is 0 Å². The zero-order chi connectivity index (χ0) is 13.1. The number of unbranched alkanes of at least 4 members (excludes halogenated alkanes) is 5. The molecule has 0 aromatic heterocycles. The van der Waals surface area contributed by atoms with E-state index in [1.807, 2.05) is 13.8 Å². The van der Waals surface area contributed by atoms with Crippen LogP contribution in [0.15, 0.2) is 0 Å². The molecule has 0 unspecified atom stereocenters. The van der Waals surface area contributed by atoms with E-state index in [1.165, 1.54) is 32.1 Å². The lowest BCUT2D eigenvalue weighted by Crippen LogP contribution is -2.44. The van der Waals surface area contributed by atoms with Crippen molar-refractivity contribution in [2.24, 2.45) is 5.73 Å². The molecule has 3 nitrogen and oxygen atoms in total. The average Bonchev–Trinajstić information content (AvgIpc) is 2.22. The molecule has 0 bridgehead atoms. The van der Waals surface area contributed by atoms with Crippen LogP contribution < -0.4 is 11.1 Å². The standard InChI is InChI=1S/C14H30N2O/c1-4-5-6-7-8-9-10-13(17)16-14(2,3)11-12-15/h4-12,15H2,1-3H3,(H,16,17). The molecular weight excluding hydrogens is 212 g/mol. The Morgan fingerprint density at radius 3 is 2.29 bits per heavy atom. The van der Waals surface area contributed by atoms with Crippen LogP contribution >= 0.6 is 0 Å². The summed E-state index contributed by atoms with van der Waals surface area (Å²) in [7, 11) is 0. The van der Waals surface area contributed by atoms with E-state index in [-0.39, 0.29) is 11.4 Å². The lowest BCUT2D eigenvalue weighted by atomic mass is 10.0. The quantitative estimate of drug-likeness (QED) is 0.579. The Morgan fingerprint density at radius 2 is 1.71 bits per heavy atom. The third kappa shape index (κ3) is 10.3. The Kier molecular flexibility index (Phi) is 9.14. The molecular formula is C14H30N2O. The summed E-state index contributed by atoms with van der Waals surface area (Å²) in [6, 6.07) is 0. The zero-order valence-electron chi connectivity index (χ0n) is 11.8. The Bertz CT molecular complexity index is 202. The fourth-order valence-electron chi connectivity index (χ4n) is 1.93. The van der Waals surface area contributed by atoms with Crippen molar-refractivity contribution in [1.82, 2.24) is 5.32 Å². The normalized spacial score (nSPS) is 11.5. The number of carbonyl (C=O) groups is 1. The van der Waals surface area contributed by atoms with Gasteiger partial charge in [-0.3, -0.25) is 4.79 Å². The maximum Gasteiger partial charge on any atom is 0.220 e. The summed E-state index contributed by atoms with van der Waals surface area (Å²) in [6.07, 6.45) is 8.81. The molecule has 0 fully saturated rings. The second-order valence-electron chi connectivity index (χ2n) is 5.49. The highest BCUT2D eigenvalue weighted by Crippen LogP contribution is 2.10. The molecule has 0 aromatic rings. The zero-order valence-corrected chi connectivity index (χ0v) is 11.8. The van der Waals surface area contributed by atoms with Gasteiger partial charge in [-0.05, 0) is 33.2 Å². The summed E-state index contributed by atoms with van der Waals surface area (Å²) >= 11 is 0. The van der Waals surface area contributed by atoms with E-state index in [2.05, 4.69) is 12.2 Å². The molecule has 102 valence electrons. The monoisotopic (exact) mass is 242 g/mol. The van der Waals surface area contributed by atoms with Crippen LogP contribution in [0.4, 0.5) is 0 Å². The van der Waals surface area contributed by atoms with E-state index in [9.17, 15) is 4.79 Å². The van der Waals surface area contributed by atoms with Gasteiger partial charge >= 0.3 is 0 Å². The van der Waals surface area contributed by atoms with E-state index >= 15 is 0 Å². The number of nitrogens with one attached hydrogen (secondary N) is 1. The largest absolute Gasteiger partial charge is 0.351 e. The van der Waals surface area contributed by atoms with Crippen LogP contribution in [0, 0.1) is 0 Å². The summed E-state index contributed by atoms with van der Waals surface area (Å²) in [6.45, 7) is 6.88. The van der Waals surface area contributed by atoms with Gasteiger partial charge in [-0.15, -0.1) is 0 Å². The van der Waals surface area contributed by atoms with Gasteiger partial charge < -0.3 is 11.1 Å². The maximum absolute atomic E-state index is 11.7. The van der Waals surface area contributed by atoms with Crippen LogP contribution in [-0.2, 0) is 4.79 Å². The maximum atomic E-state index is 11.7. The van der Waals surface area contributed by atoms with Crippen molar-refractivity contribution in [3.8, 4) is 0 Å². The molecule has 0 aliphatic carbocycles. The number of nitrogens with two attached hydrogens (primary N) is 1. The van der Waals surface area contributed by atoms with Crippen LogP contribution in [-0.4, -0.2) is 18.0 Å². The molecule has 0 radical (unpaired) electrons. The van der Waals surface area contributed by atoms with Crippen LogP contribution in [0.3, 0.4) is 0 Å². The first kappa shape index (κ1) is 16.4. The molecule has 17 heavy (non-hydrogen) atoms. The summed E-state index contributed by atoms with van der Waals surface area (Å²) in [4.78, 5) is 11.7. The fourth-order valence-corrected chi connectivity index (χ4v) is 1.93.